The highest BCUT2D eigenvalue weighted by Crippen LogP contribution is 2.29. The Kier molecular flexibility index (Phi) is 5.36. The van der Waals surface area contributed by atoms with Gasteiger partial charge in [-0.1, -0.05) is 6.92 Å². The van der Waals surface area contributed by atoms with Crippen molar-refractivity contribution in [2.45, 2.75) is 64.0 Å². The van der Waals surface area contributed by atoms with Crippen molar-refractivity contribution in [3.63, 3.8) is 0 Å². The average Bonchev–Trinajstić information content (AvgIpc) is 3.12. The standard InChI is InChI=1S/C17H33N3/c1-2-18-16-5-6-17(13-16)20-11-7-15(8-12-20)14-19-9-3-4-10-19/h15-18H,2-14H2,1H3. The molecule has 0 amide bonds. The second-order valence-corrected chi connectivity index (χ2v) is 7.21. The minimum Gasteiger partial charge on any atom is -0.314 e. The van der Waals surface area contributed by atoms with Crippen LogP contribution in [0.15, 0.2) is 0 Å². The smallest absolute Gasteiger partial charge is 0.0111 e. The zero-order valence-corrected chi connectivity index (χ0v) is 13.3. The van der Waals surface area contributed by atoms with Crippen molar-refractivity contribution in [3.8, 4) is 0 Å². The van der Waals surface area contributed by atoms with Gasteiger partial charge in [0.05, 0.1) is 0 Å². The van der Waals surface area contributed by atoms with Crippen LogP contribution in [-0.2, 0) is 0 Å². The van der Waals surface area contributed by atoms with E-state index in [1.54, 1.807) is 0 Å². The fourth-order valence-electron chi connectivity index (χ4n) is 4.59. The van der Waals surface area contributed by atoms with Gasteiger partial charge >= 0.3 is 0 Å². The van der Waals surface area contributed by atoms with Crippen LogP contribution in [0.2, 0.25) is 0 Å². The molecule has 2 aliphatic heterocycles. The predicted octanol–water partition coefficient (Wildman–Crippen LogP) is 2.32. The molecule has 0 aromatic rings. The third kappa shape index (κ3) is 3.75. The number of piperidine rings is 1. The fourth-order valence-corrected chi connectivity index (χ4v) is 4.59. The summed E-state index contributed by atoms with van der Waals surface area (Å²) in [5.74, 6) is 0.982. The quantitative estimate of drug-likeness (QED) is 0.833. The fraction of sp³-hybridized carbons (Fsp3) is 1.00. The van der Waals surface area contributed by atoms with Crippen LogP contribution in [0, 0.1) is 5.92 Å². The van der Waals surface area contributed by atoms with Crippen molar-refractivity contribution in [1.82, 2.24) is 15.1 Å². The van der Waals surface area contributed by atoms with E-state index in [4.69, 9.17) is 0 Å². The zero-order chi connectivity index (χ0) is 13.8. The molecule has 1 aliphatic carbocycles. The summed E-state index contributed by atoms with van der Waals surface area (Å²) in [5, 5.41) is 3.64. The first-order valence-corrected chi connectivity index (χ1v) is 9.05. The Morgan fingerprint density at radius 1 is 0.950 bits per heavy atom. The van der Waals surface area contributed by atoms with E-state index >= 15 is 0 Å². The molecule has 0 aromatic carbocycles. The molecule has 3 rings (SSSR count). The minimum atomic E-state index is 0.798. The summed E-state index contributed by atoms with van der Waals surface area (Å²) in [5.41, 5.74) is 0. The normalized spacial score (nSPS) is 34.0. The molecule has 0 aromatic heterocycles. The van der Waals surface area contributed by atoms with Gasteiger partial charge in [-0.25, -0.2) is 0 Å². The van der Waals surface area contributed by atoms with Gasteiger partial charge in [0.15, 0.2) is 0 Å². The topological polar surface area (TPSA) is 18.5 Å². The van der Waals surface area contributed by atoms with Crippen molar-refractivity contribution in [1.29, 1.82) is 0 Å². The summed E-state index contributed by atoms with van der Waals surface area (Å²) in [7, 11) is 0. The zero-order valence-electron chi connectivity index (χ0n) is 13.3. The molecule has 0 radical (unpaired) electrons. The van der Waals surface area contributed by atoms with Crippen LogP contribution in [0.4, 0.5) is 0 Å². The molecule has 3 nitrogen and oxygen atoms in total. The molecule has 116 valence electrons. The van der Waals surface area contributed by atoms with Crippen molar-refractivity contribution in [2.24, 2.45) is 5.92 Å². The van der Waals surface area contributed by atoms with E-state index in [0.717, 1.165) is 24.5 Å². The van der Waals surface area contributed by atoms with Gasteiger partial charge in [0.1, 0.15) is 0 Å². The van der Waals surface area contributed by atoms with E-state index in [2.05, 4.69) is 22.0 Å². The maximum Gasteiger partial charge on any atom is 0.0111 e. The van der Waals surface area contributed by atoms with Gasteiger partial charge in [0.25, 0.3) is 0 Å². The van der Waals surface area contributed by atoms with Crippen molar-refractivity contribution in [3.05, 3.63) is 0 Å². The summed E-state index contributed by atoms with van der Waals surface area (Å²) in [6.45, 7) is 10.2. The Hall–Kier alpha value is -0.120. The number of rotatable bonds is 5. The molecule has 2 heterocycles. The number of hydrogen-bond donors (Lipinski definition) is 1. The molecule has 20 heavy (non-hydrogen) atoms. The summed E-state index contributed by atoms with van der Waals surface area (Å²) >= 11 is 0. The Labute approximate surface area is 125 Å². The van der Waals surface area contributed by atoms with Gasteiger partial charge in [-0.05, 0) is 83.6 Å². The maximum absolute atomic E-state index is 3.64. The van der Waals surface area contributed by atoms with Gasteiger partial charge in [-0.2, -0.15) is 0 Å². The van der Waals surface area contributed by atoms with Gasteiger partial charge in [-0.15, -0.1) is 0 Å². The first-order chi connectivity index (χ1) is 9.85. The van der Waals surface area contributed by atoms with Crippen LogP contribution < -0.4 is 5.32 Å². The summed E-state index contributed by atoms with van der Waals surface area (Å²) in [6, 6.07) is 1.68. The molecule has 2 saturated heterocycles. The molecule has 3 heteroatoms. The largest absolute Gasteiger partial charge is 0.314 e. The second kappa shape index (κ2) is 7.24. The van der Waals surface area contributed by atoms with Crippen molar-refractivity contribution >= 4 is 0 Å². The summed E-state index contributed by atoms with van der Waals surface area (Å²) in [6.07, 6.45) is 9.97. The van der Waals surface area contributed by atoms with Crippen LogP contribution >= 0.6 is 0 Å². The number of likely N-dealkylation sites (tertiary alicyclic amines) is 2. The number of hydrogen-bond acceptors (Lipinski definition) is 3. The van der Waals surface area contributed by atoms with Gasteiger partial charge in [0, 0.05) is 18.6 Å². The molecule has 3 aliphatic rings. The maximum atomic E-state index is 3.64. The Morgan fingerprint density at radius 2 is 1.70 bits per heavy atom. The van der Waals surface area contributed by atoms with E-state index in [9.17, 15) is 0 Å². The molecular formula is C17H33N3. The van der Waals surface area contributed by atoms with E-state index in [-0.39, 0.29) is 0 Å². The SMILES string of the molecule is CCNC1CCC(N2CCC(CN3CCCC3)CC2)C1. The lowest BCUT2D eigenvalue weighted by Gasteiger charge is -2.37. The molecule has 2 unspecified atom stereocenters. The van der Waals surface area contributed by atoms with Crippen LogP contribution in [0.5, 0.6) is 0 Å². The first-order valence-electron chi connectivity index (χ1n) is 9.05. The highest BCUT2D eigenvalue weighted by Gasteiger charge is 2.31. The van der Waals surface area contributed by atoms with E-state index in [0.29, 0.717) is 0 Å². The third-order valence-corrected chi connectivity index (χ3v) is 5.78. The molecule has 0 bridgehead atoms. The minimum absolute atomic E-state index is 0.798. The average molecular weight is 279 g/mol. The highest BCUT2D eigenvalue weighted by molar-refractivity contribution is 4.89. The monoisotopic (exact) mass is 279 g/mol. The second-order valence-electron chi connectivity index (χ2n) is 7.21. The van der Waals surface area contributed by atoms with E-state index < -0.39 is 0 Å². The lowest BCUT2D eigenvalue weighted by atomic mass is 9.95. The molecule has 3 fully saturated rings. The van der Waals surface area contributed by atoms with E-state index in [1.165, 1.54) is 77.7 Å². The highest BCUT2D eigenvalue weighted by atomic mass is 15.2. The Balaban J connectivity index is 1.38. The van der Waals surface area contributed by atoms with Crippen LogP contribution in [0.25, 0.3) is 0 Å². The lowest BCUT2D eigenvalue weighted by molar-refractivity contribution is 0.116. The van der Waals surface area contributed by atoms with Crippen molar-refractivity contribution in [2.75, 3.05) is 39.3 Å². The van der Waals surface area contributed by atoms with Gasteiger partial charge in [0.2, 0.25) is 0 Å². The Bertz CT molecular complexity index is 280. The Morgan fingerprint density at radius 3 is 2.40 bits per heavy atom. The van der Waals surface area contributed by atoms with Crippen molar-refractivity contribution < 1.29 is 0 Å². The molecular weight excluding hydrogens is 246 g/mol. The van der Waals surface area contributed by atoms with Gasteiger partial charge in [-0.3, -0.25) is 0 Å². The predicted molar refractivity (Wildman–Crippen MR) is 85.1 cm³/mol. The molecule has 0 spiro atoms. The van der Waals surface area contributed by atoms with Crippen LogP contribution in [0.3, 0.4) is 0 Å². The number of nitrogens with zero attached hydrogens (tertiary/aromatic N) is 2. The molecule has 1 saturated carbocycles. The number of nitrogens with one attached hydrogen (secondary N) is 1. The van der Waals surface area contributed by atoms with Gasteiger partial charge < -0.3 is 15.1 Å². The molecule has 2 atom stereocenters. The van der Waals surface area contributed by atoms with E-state index in [1.807, 2.05) is 0 Å². The third-order valence-electron chi connectivity index (χ3n) is 5.78. The van der Waals surface area contributed by atoms with Crippen LogP contribution in [-0.4, -0.2) is 61.2 Å². The lowest BCUT2D eigenvalue weighted by Crippen LogP contribution is -2.43. The molecule has 1 N–H and O–H groups in total. The summed E-state index contributed by atoms with van der Waals surface area (Å²) < 4.78 is 0. The summed E-state index contributed by atoms with van der Waals surface area (Å²) in [4.78, 5) is 5.51. The van der Waals surface area contributed by atoms with Crippen LogP contribution in [0.1, 0.15) is 51.9 Å². The first kappa shape index (κ1) is 14.8.